The van der Waals surface area contributed by atoms with Crippen molar-refractivity contribution in [3.8, 4) is 10.6 Å². The van der Waals surface area contributed by atoms with Gasteiger partial charge in [-0.25, -0.2) is 13.8 Å². The fraction of sp³-hybridized carbons (Fsp3) is 0.316. The highest BCUT2D eigenvalue weighted by Gasteiger charge is 2.26. The van der Waals surface area contributed by atoms with Crippen molar-refractivity contribution in [2.75, 3.05) is 29.0 Å². The number of carbonyl (C=O) groups is 1. The molecule has 0 saturated carbocycles. The molecule has 3 aromatic rings. The van der Waals surface area contributed by atoms with Gasteiger partial charge in [-0.05, 0) is 25.0 Å². The van der Waals surface area contributed by atoms with Gasteiger partial charge < -0.3 is 21.7 Å². The van der Waals surface area contributed by atoms with Gasteiger partial charge in [0.05, 0.1) is 11.8 Å². The van der Waals surface area contributed by atoms with Crippen LogP contribution in [0.4, 0.5) is 25.3 Å². The maximum Gasteiger partial charge on any atom is 0.277 e. The molecular formula is C19H21F2N7OS. The topological polar surface area (TPSA) is 115 Å². The fourth-order valence-corrected chi connectivity index (χ4v) is 4.46. The normalized spacial score (nSPS) is 16.7. The first-order chi connectivity index (χ1) is 14.3. The Bertz CT molecular complexity index is 1080. The number of nitrogens with two attached hydrogens (primary N) is 2. The Balaban J connectivity index is 1.61. The van der Waals surface area contributed by atoms with E-state index < -0.39 is 17.5 Å². The molecule has 1 amide bonds. The van der Waals surface area contributed by atoms with Crippen LogP contribution in [0.1, 0.15) is 23.3 Å². The lowest BCUT2D eigenvalue weighted by Crippen LogP contribution is -2.43. The van der Waals surface area contributed by atoms with E-state index in [1.165, 1.54) is 12.3 Å². The van der Waals surface area contributed by atoms with Crippen LogP contribution >= 0.6 is 11.3 Å². The van der Waals surface area contributed by atoms with Gasteiger partial charge in [-0.15, -0.1) is 0 Å². The summed E-state index contributed by atoms with van der Waals surface area (Å²) in [7, 11) is 1.78. The summed E-state index contributed by atoms with van der Waals surface area (Å²) in [5.74, 6) is -1.40. The summed E-state index contributed by atoms with van der Waals surface area (Å²) in [5, 5.41) is 7.07. The molecule has 5 N–H and O–H groups in total. The van der Waals surface area contributed by atoms with Crippen LogP contribution in [-0.4, -0.2) is 39.8 Å². The van der Waals surface area contributed by atoms with Crippen LogP contribution < -0.4 is 21.7 Å². The second-order valence-electron chi connectivity index (χ2n) is 7.14. The van der Waals surface area contributed by atoms with E-state index in [0.29, 0.717) is 12.2 Å². The van der Waals surface area contributed by atoms with E-state index in [2.05, 4.69) is 20.3 Å². The predicted octanol–water partition coefficient (Wildman–Crippen LogP) is 2.58. The molecule has 30 heavy (non-hydrogen) atoms. The minimum absolute atomic E-state index is 0.00154. The van der Waals surface area contributed by atoms with E-state index in [1.54, 1.807) is 11.7 Å². The lowest BCUT2D eigenvalue weighted by Gasteiger charge is -2.32. The Morgan fingerprint density at radius 2 is 2.07 bits per heavy atom. The number of hydrogen-bond donors (Lipinski definition) is 3. The SMILES string of the molecule is Cn1ncc(NC(=O)c2nc(-c3c(F)cccc3F)sc2N)c1N1CCC[C@H](N)C1. The van der Waals surface area contributed by atoms with Crippen molar-refractivity contribution >= 4 is 33.8 Å². The van der Waals surface area contributed by atoms with Crippen molar-refractivity contribution in [1.82, 2.24) is 14.8 Å². The Kier molecular flexibility index (Phi) is 5.39. The quantitative estimate of drug-likeness (QED) is 0.583. The number of carbonyl (C=O) groups excluding carboxylic acids is 1. The second kappa shape index (κ2) is 8.00. The molecule has 0 aliphatic carbocycles. The molecule has 3 heterocycles. The molecule has 8 nitrogen and oxygen atoms in total. The summed E-state index contributed by atoms with van der Waals surface area (Å²) in [6, 6.07) is 3.56. The number of nitrogens with one attached hydrogen (secondary N) is 1. The summed E-state index contributed by atoms with van der Waals surface area (Å²) in [6.07, 6.45) is 3.42. The van der Waals surface area contributed by atoms with Gasteiger partial charge in [0.1, 0.15) is 27.3 Å². The average Bonchev–Trinajstić information content (AvgIpc) is 3.24. The Morgan fingerprint density at radius 1 is 1.33 bits per heavy atom. The Morgan fingerprint density at radius 3 is 2.77 bits per heavy atom. The van der Waals surface area contributed by atoms with Gasteiger partial charge in [0.25, 0.3) is 5.91 Å². The number of aryl methyl sites for hydroxylation is 1. The summed E-state index contributed by atoms with van der Waals surface area (Å²) in [4.78, 5) is 19.0. The highest BCUT2D eigenvalue weighted by molar-refractivity contribution is 7.19. The van der Waals surface area contributed by atoms with Crippen molar-refractivity contribution in [2.45, 2.75) is 18.9 Å². The van der Waals surface area contributed by atoms with Crippen LogP contribution in [0.5, 0.6) is 0 Å². The first-order valence-corrected chi connectivity index (χ1v) is 10.2. The van der Waals surface area contributed by atoms with Gasteiger partial charge in [-0.3, -0.25) is 9.48 Å². The molecule has 0 radical (unpaired) electrons. The van der Waals surface area contributed by atoms with E-state index in [9.17, 15) is 13.6 Å². The lowest BCUT2D eigenvalue weighted by molar-refractivity contribution is 0.102. The number of amides is 1. The standard InChI is InChI=1S/C19H21F2N7OS/c1-27-19(28-7-3-4-10(22)9-28)13(8-24-27)25-17(29)15-16(23)30-18(26-15)14-11(20)5-2-6-12(14)21/h2,5-6,8,10H,3-4,7,9,22-23H2,1H3,(H,25,29)/t10-/m0/s1. The third-order valence-corrected chi connectivity index (χ3v) is 5.86. The van der Waals surface area contributed by atoms with E-state index in [4.69, 9.17) is 11.5 Å². The molecular weight excluding hydrogens is 412 g/mol. The molecule has 1 atom stereocenters. The van der Waals surface area contributed by atoms with E-state index in [1.807, 2.05) is 0 Å². The highest BCUT2D eigenvalue weighted by Crippen LogP contribution is 2.34. The molecule has 1 aliphatic rings. The predicted molar refractivity (Wildman–Crippen MR) is 112 cm³/mol. The summed E-state index contributed by atoms with van der Waals surface area (Å²) in [5.41, 5.74) is 12.1. The van der Waals surface area contributed by atoms with Gasteiger partial charge in [0.15, 0.2) is 11.5 Å². The summed E-state index contributed by atoms with van der Waals surface area (Å²) in [6.45, 7) is 1.45. The molecule has 0 unspecified atom stereocenters. The molecule has 1 saturated heterocycles. The summed E-state index contributed by atoms with van der Waals surface area (Å²) >= 11 is 0.851. The summed E-state index contributed by atoms with van der Waals surface area (Å²) < 4.78 is 29.8. The average molecular weight is 433 g/mol. The van der Waals surface area contributed by atoms with Gasteiger partial charge in [-0.1, -0.05) is 17.4 Å². The smallest absolute Gasteiger partial charge is 0.277 e. The molecule has 4 rings (SSSR count). The first kappa shape index (κ1) is 20.2. The molecule has 1 aromatic carbocycles. The number of halogens is 2. The van der Waals surface area contributed by atoms with Crippen molar-refractivity contribution in [3.05, 3.63) is 41.7 Å². The molecule has 158 valence electrons. The Labute approximate surface area is 175 Å². The number of piperidine rings is 1. The minimum atomic E-state index is -0.772. The molecule has 0 spiro atoms. The fourth-order valence-electron chi connectivity index (χ4n) is 3.58. The van der Waals surface area contributed by atoms with Gasteiger partial charge in [-0.2, -0.15) is 5.10 Å². The zero-order valence-electron chi connectivity index (χ0n) is 16.2. The minimum Gasteiger partial charge on any atom is -0.389 e. The third kappa shape index (κ3) is 3.73. The third-order valence-electron chi connectivity index (χ3n) is 4.96. The Hall–Kier alpha value is -3.05. The number of anilines is 3. The van der Waals surface area contributed by atoms with Crippen molar-refractivity contribution in [3.63, 3.8) is 0 Å². The van der Waals surface area contributed by atoms with Crippen LogP contribution in [0.15, 0.2) is 24.4 Å². The first-order valence-electron chi connectivity index (χ1n) is 9.39. The molecule has 1 aliphatic heterocycles. The number of rotatable bonds is 4. The van der Waals surface area contributed by atoms with E-state index in [0.717, 1.165) is 48.7 Å². The molecule has 0 bridgehead atoms. The largest absolute Gasteiger partial charge is 0.389 e. The van der Waals surface area contributed by atoms with Gasteiger partial charge in [0.2, 0.25) is 0 Å². The number of nitrogen functional groups attached to an aromatic ring is 1. The number of nitrogens with zero attached hydrogens (tertiary/aromatic N) is 4. The number of thiazole rings is 1. The molecule has 11 heteroatoms. The van der Waals surface area contributed by atoms with Crippen LogP contribution in [0, 0.1) is 11.6 Å². The van der Waals surface area contributed by atoms with Crippen LogP contribution in [0.2, 0.25) is 0 Å². The zero-order chi connectivity index (χ0) is 21.4. The highest BCUT2D eigenvalue weighted by atomic mass is 32.1. The second-order valence-corrected chi connectivity index (χ2v) is 8.17. The van der Waals surface area contributed by atoms with Gasteiger partial charge in [0, 0.05) is 26.2 Å². The van der Waals surface area contributed by atoms with Crippen molar-refractivity contribution in [1.29, 1.82) is 0 Å². The monoisotopic (exact) mass is 433 g/mol. The number of aromatic nitrogens is 3. The lowest BCUT2D eigenvalue weighted by atomic mass is 10.1. The van der Waals surface area contributed by atoms with E-state index in [-0.39, 0.29) is 27.3 Å². The zero-order valence-corrected chi connectivity index (χ0v) is 17.0. The maximum atomic E-state index is 14.1. The van der Waals surface area contributed by atoms with Gasteiger partial charge >= 0.3 is 0 Å². The van der Waals surface area contributed by atoms with Crippen LogP contribution in [-0.2, 0) is 7.05 Å². The van der Waals surface area contributed by atoms with Crippen LogP contribution in [0.25, 0.3) is 10.6 Å². The van der Waals surface area contributed by atoms with Crippen molar-refractivity contribution in [2.24, 2.45) is 12.8 Å². The maximum absolute atomic E-state index is 14.1. The van der Waals surface area contributed by atoms with Crippen LogP contribution in [0.3, 0.4) is 0 Å². The van der Waals surface area contributed by atoms with Crippen molar-refractivity contribution < 1.29 is 13.6 Å². The number of hydrogen-bond acceptors (Lipinski definition) is 7. The molecule has 2 aromatic heterocycles. The van der Waals surface area contributed by atoms with E-state index >= 15 is 0 Å². The number of benzene rings is 1. The molecule has 1 fully saturated rings.